The number of rotatable bonds is 9. The number of nitrogens with one attached hydrogen (secondary N) is 1. The zero-order valence-electron chi connectivity index (χ0n) is 12.9. The third-order valence-electron chi connectivity index (χ3n) is 3.91. The molecule has 0 heterocycles. The van der Waals surface area contributed by atoms with Crippen LogP contribution in [-0.4, -0.2) is 6.54 Å². The minimum Gasteiger partial charge on any atom is -0.310 e. The molecule has 2 atom stereocenters. The number of unbranched alkanes of at least 4 members (excludes halogenated alkanes) is 1. The molecule has 2 unspecified atom stereocenters. The van der Waals surface area contributed by atoms with Crippen molar-refractivity contribution >= 4 is 0 Å². The van der Waals surface area contributed by atoms with Gasteiger partial charge in [0.15, 0.2) is 0 Å². The van der Waals surface area contributed by atoms with Crippen LogP contribution in [0.25, 0.3) is 0 Å². The van der Waals surface area contributed by atoms with Gasteiger partial charge in [-0.05, 0) is 31.0 Å². The van der Waals surface area contributed by atoms with Crippen molar-refractivity contribution in [1.82, 2.24) is 5.32 Å². The van der Waals surface area contributed by atoms with E-state index >= 15 is 0 Å². The maximum atomic E-state index is 14.0. The Bertz CT molecular complexity index is 372. The Balaban J connectivity index is 2.87. The van der Waals surface area contributed by atoms with Crippen molar-refractivity contribution in [1.29, 1.82) is 0 Å². The molecule has 1 aromatic rings. The molecule has 3 heteroatoms. The number of hydrogen-bond acceptors (Lipinski definition) is 1. The number of benzene rings is 1. The molecule has 1 rings (SSSR count). The normalized spacial score (nSPS) is 14.2. The molecule has 1 N–H and O–H groups in total. The summed E-state index contributed by atoms with van der Waals surface area (Å²) in [4.78, 5) is 0. The molecule has 0 fully saturated rings. The first-order valence-corrected chi connectivity index (χ1v) is 7.81. The average Bonchev–Trinajstić information content (AvgIpc) is 2.43. The minimum absolute atomic E-state index is 0.198. The zero-order valence-corrected chi connectivity index (χ0v) is 12.9. The molecule has 0 aliphatic heterocycles. The van der Waals surface area contributed by atoms with Crippen LogP contribution in [0.3, 0.4) is 0 Å². The van der Waals surface area contributed by atoms with E-state index in [-0.39, 0.29) is 11.6 Å². The summed E-state index contributed by atoms with van der Waals surface area (Å²) in [5.74, 6) is -0.374. The molecule has 20 heavy (non-hydrogen) atoms. The van der Waals surface area contributed by atoms with E-state index in [4.69, 9.17) is 0 Å². The van der Waals surface area contributed by atoms with E-state index < -0.39 is 11.6 Å². The first-order valence-electron chi connectivity index (χ1n) is 7.81. The first-order chi connectivity index (χ1) is 9.63. The predicted octanol–water partition coefficient (Wildman–Crippen LogP) is 5.22. The molecule has 0 spiro atoms. The predicted molar refractivity (Wildman–Crippen MR) is 80.7 cm³/mol. The van der Waals surface area contributed by atoms with E-state index in [0.717, 1.165) is 25.7 Å². The van der Waals surface area contributed by atoms with Gasteiger partial charge in [0.1, 0.15) is 11.6 Å². The Labute approximate surface area is 121 Å². The van der Waals surface area contributed by atoms with Gasteiger partial charge < -0.3 is 5.32 Å². The molecule has 0 aromatic heterocycles. The van der Waals surface area contributed by atoms with E-state index in [1.54, 1.807) is 0 Å². The van der Waals surface area contributed by atoms with Crippen molar-refractivity contribution in [2.24, 2.45) is 5.92 Å². The zero-order chi connectivity index (χ0) is 15.0. The van der Waals surface area contributed by atoms with Crippen LogP contribution in [0, 0.1) is 17.6 Å². The van der Waals surface area contributed by atoms with Gasteiger partial charge in [-0.3, -0.25) is 0 Å². The van der Waals surface area contributed by atoms with Gasteiger partial charge >= 0.3 is 0 Å². The Morgan fingerprint density at radius 2 is 1.75 bits per heavy atom. The van der Waals surface area contributed by atoms with Crippen LogP contribution in [0.15, 0.2) is 18.2 Å². The molecule has 0 saturated carbocycles. The highest BCUT2D eigenvalue weighted by Crippen LogP contribution is 2.29. The molecule has 0 saturated heterocycles. The summed E-state index contributed by atoms with van der Waals surface area (Å²) in [5.41, 5.74) is 0.198. The fourth-order valence-corrected chi connectivity index (χ4v) is 2.71. The molecule has 0 amide bonds. The summed E-state index contributed by atoms with van der Waals surface area (Å²) in [6.07, 6.45) is 5.32. The molecule has 1 nitrogen and oxygen atoms in total. The second-order valence-corrected chi connectivity index (χ2v) is 5.40. The smallest absolute Gasteiger partial charge is 0.130 e. The maximum Gasteiger partial charge on any atom is 0.130 e. The molecular formula is C17H27F2N. The van der Waals surface area contributed by atoms with Crippen molar-refractivity contribution < 1.29 is 8.78 Å². The van der Waals surface area contributed by atoms with Crippen LogP contribution in [0.1, 0.15) is 64.5 Å². The molecule has 0 aliphatic carbocycles. The molecule has 114 valence electrons. The summed E-state index contributed by atoms with van der Waals surface area (Å²) >= 11 is 0. The van der Waals surface area contributed by atoms with Gasteiger partial charge in [0.2, 0.25) is 0 Å². The van der Waals surface area contributed by atoms with Crippen molar-refractivity contribution in [2.75, 3.05) is 6.54 Å². The topological polar surface area (TPSA) is 12.0 Å². The van der Waals surface area contributed by atoms with E-state index in [9.17, 15) is 8.78 Å². The average molecular weight is 283 g/mol. The van der Waals surface area contributed by atoms with E-state index in [1.165, 1.54) is 24.6 Å². The van der Waals surface area contributed by atoms with Crippen molar-refractivity contribution in [2.45, 2.75) is 58.9 Å². The fourth-order valence-electron chi connectivity index (χ4n) is 2.71. The Morgan fingerprint density at radius 3 is 2.25 bits per heavy atom. The Kier molecular flexibility index (Phi) is 7.75. The lowest BCUT2D eigenvalue weighted by Gasteiger charge is -2.24. The number of hydrogen-bond donors (Lipinski definition) is 1. The van der Waals surface area contributed by atoms with Crippen LogP contribution in [0.5, 0.6) is 0 Å². The van der Waals surface area contributed by atoms with Gasteiger partial charge in [-0.15, -0.1) is 0 Å². The SMILES string of the molecule is CCCCC(CC)CC(NCC)c1c(F)cccc1F. The summed E-state index contributed by atoms with van der Waals surface area (Å²) in [6.45, 7) is 7.01. The van der Waals surface area contributed by atoms with Gasteiger partial charge in [0, 0.05) is 11.6 Å². The van der Waals surface area contributed by atoms with Crippen molar-refractivity contribution in [3.8, 4) is 0 Å². The Hall–Kier alpha value is -0.960. The van der Waals surface area contributed by atoms with Crippen LogP contribution in [-0.2, 0) is 0 Å². The monoisotopic (exact) mass is 283 g/mol. The second-order valence-electron chi connectivity index (χ2n) is 5.40. The summed E-state index contributed by atoms with van der Waals surface area (Å²) < 4.78 is 27.9. The highest BCUT2D eigenvalue weighted by Gasteiger charge is 2.22. The maximum absolute atomic E-state index is 14.0. The lowest BCUT2D eigenvalue weighted by atomic mass is 9.89. The van der Waals surface area contributed by atoms with Gasteiger partial charge in [-0.2, -0.15) is 0 Å². The summed E-state index contributed by atoms with van der Waals surface area (Å²) in [6, 6.07) is 3.87. The van der Waals surface area contributed by atoms with Crippen LogP contribution < -0.4 is 5.32 Å². The first kappa shape index (κ1) is 17.1. The van der Waals surface area contributed by atoms with Gasteiger partial charge in [0.05, 0.1) is 0 Å². The highest BCUT2D eigenvalue weighted by molar-refractivity contribution is 5.23. The number of halogens is 2. The molecule has 0 aliphatic rings. The van der Waals surface area contributed by atoms with Crippen LogP contribution in [0.2, 0.25) is 0 Å². The third-order valence-corrected chi connectivity index (χ3v) is 3.91. The quantitative estimate of drug-likeness (QED) is 0.655. The van der Waals surface area contributed by atoms with Crippen molar-refractivity contribution in [3.63, 3.8) is 0 Å². The standard InChI is InChI=1S/C17H27F2N/c1-4-7-9-13(5-2)12-16(20-6-3)17-14(18)10-8-11-15(17)19/h8,10-11,13,16,20H,4-7,9,12H2,1-3H3. The second kappa shape index (κ2) is 9.06. The van der Waals surface area contributed by atoms with Gasteiger partial charge in [-0.1, -0.05) is 52.5 Å². The summed E-state index contributed by atoms with van der Waals surface area (Å²) in [5, 5.41) is 3.24. The Morgan fingerprint density at radius 1 is 1.10 bits per heavy atom. The fraction of sp³-hybridized carbons (Fsp3) is 0.647. The summed E-state index contributed by atoms with van der Waals surface area (Å²) in [7, 11) is 0. The van der Waals surface area contributed by atoms with Crippen molar-refractivity contribution in [3.05, 3.63) is 35.4 Å². The van der Waals surface area contributed by atoms with Gasteiger partial charge in [0.25, 0.3) is 0 Å². The molecular weight excluding hydrogens is 256 g/mol. The molecule has 0 bridgehead atoms. The largest absolute Gasteiger partial charge is 0.310 e. The van der Waals surface area contributed by atoms with Gasteiger partial charge in [-0.25, -0.2) is 8.78 Å². The molecule has 0 radical (unpaired) electrons. The van der Waals surface area contributed by atoms with E-state index in [0.29, 0.717) is 12.5 Å². The van der Waals surface area contributed by atoms with E-state index in [1.807, 2.05) is 6.92 Å². The third kappa shape index (κ3) is 4.86. The van der Waals surface area contributed by atoms with E-state index in [2.05, 4.69) is 19.2 Å². The highest BCUT2D eigenvalue weighted by atomic mass is 19.1. The van der Waals surface area contributed by atoms with Crippen LogP contribution in [0.4, 0.5) is 8.78 Å². The lowest BCUT2D eigenvalue weighted by Crippen LogP contribution is -2.25. The van der Waals surface area contributed by atoms with Crippen LogP contribution >= 0.6 is 0 Å². The minimum atomic E-state index is -0.443. The molecule has 1 aromatic carbocycles. The lowest BCUT2D eigenvalue weighted by molar-refractivity contribution is 0.343.